The summed E-state index contributed by atoms with van der Waals surface area (Å²) in [5.74, 6) is -0.578. The molecule has 0 radical (unpaired) electrons. The molecule has 148 valence electrons. The van der Waals surface area contributed by atoms with Crippen LogP contribution in [0.25, 0.3) is 0 Å². The summed E-state index contributed by atoms with van der Waals surface area (Å²) < 4.78 is 0. The summed E-state index contributed by atoms with van der Waals surface area (Å²) in [5, 5.41) is 6.21. The molecule has 2 aromatic carbocycles. The van der Waals surface area contributed by atoms with Crippen LogP contribution in [0.5, 0.6) is 0 Å². The molecule has 1 fully saturated rings. The highest BCUT2D eigenvalue weighted by molar-refractivity contribution is 6.34. The van der Waals surface area contributed by atoms with Crippen LogP contribution in [0.3, 0.4) is 0 Å². The van der Waals surface area contributed by atoms with Crippen molar-refractivity contribution in [3.8, 4) is 0 Å². The molecule has 0 aromatic heterocycles. The van der Waals surface area contributed by atoms with E-state index in [9.17, 15) is 9.59 Å². The monoisotopic (exact) mass is 399 g/mol. The van der Waals surface area contributed by atoms with Crippen molar-refractivity contribution >= 4 is 29.1 Å². The highest BCUT2D eigenvalue weighted by atomic mass is 35.5. The van der Waals surface area contributed by atoms with E-state index in [1.165, 1.54) is 6.42 Å². The van der Waals surface area contributed by atoms with E-state index in [1.54, 1.807) is 25.1 Å². The van der Waals surface area contributed by atoms with Crippen molar-refractivity contribution in [1.82, 2.24) is 5.32 Å². The van der Waals surface area contributed by atoms with Crippen LogP contribution in [0.2, 0.25) is 5.02 Å². The Morgan fingerprint density at radius 3 is 2.43 bits per heavy atom. The smallest absolute Gasteiger partial charge is 0.253 e. The zero-order chi connectivity index (χ0) is 20.1. The lowest BCUT2D eigenvalue weighted by Gasteiger charge is -2.25. The Morgan fingerprint density at radius 1 is 1.07 bits per heavy atom. The third-order valence-electron chi connectivity index (χ3n) is 5.25. The minimum absolute atomic E-state index is 0.181. The minimum atomic E-state index is -1.20. The number of carbonyl (C=O) groups is 2. The number of nitrogens with one attached hydrogen (secondary N) is 2. The van der Waals surface area contributed by atoms with Gasteiger partial charge in [0, 0.05) is 11.7 Å². The van der Waals surface area contributed by atoms with E-state index in [1.807, 2.05) is 30.3 Å². The molecule has 0 spiro atoms. The van der Waals surface area contributed by atoms with E-state index in [2.05, 4.69) is 10.6 Å². The molecule has 1 aliphatic rings. The van der Waals surface area contributed by atoms with Crippen LogP contribution in [0.1, 0.15) is 54.9 Å². The Labute approximate surface area is 170 Å². The zero-order valence-electron chi connectivity index (χ0n) is 16.0. The van der Waals surface area contributed by atoms with Crippen LogP contribution in [0.4, 0.5) is 5.69 Å². The second-order valence-corrected chi connectivity index (χ2v) is 7.93. The lowest BCUT2D eigenvalue weighted by molar-refractivity contribution is -0.120. The van der Waals surface area contributed by atoms with E-state index in [0.29, 0.717) is 21.8 Å². The normalized spacial score (nSPS) is 16.8. The molecule has 6 heteroatoms. The number of anilines is 1. The molecule has 3 rings (SSSR count). The number of amides is 2. The first kappa shape index (κ1) is 20.4. The summed E-state index contributed by atoms with van der Waals surface area (Å²) in [6.07, 6.45) is 5.45. The zero-order valence-corrected chi connectivity index (χ0v) is 16.8. The maximum atomic E-state index is 12.7. The summed E-state index contributed by atoms with van der Waals surface area (Å²) in [4.78, 5) is 25.4. The Bertz CT molecular complexity index is 846. The Kier molecular flexibility index (Phi) is 6.37. The number of hydrogen-bond donors (Lipinski definition) is 3. The number of hydrogen-bond acceptors (Lipinski definition) is 3. The summed E-state index contributed by atoms with van der Waals surface area (Å²) >= 11 is 6.23. The second-order valence-electron chi connectivity index (χ2n) is 7.53. The standard InChI is InChI=1S/C22H26ClN3O2/c1-22(24,15-8-4-2-5-9-15)21(28)26-17-12-13-19(23)18(14-17)20(27)25-16-10-6-3-7-11-16/h2,4-5,8-9,12-14,16H,3,6-7,10-11,24H2,1H3,(H,25,27)(H,26,28). The Hall–Kier alpha value is -2.37. The van der Waals surface area contributed by atoms with Gasteiger partial charge in [-0.25, -0.2) is 0 Å². The van der Waals surface area contributed by atoms with Crippen LogP contribution in [-0.4, -0.2) is 17.9 Å². The summed E-state index contributed by atoms with van der Waals surface area (Å²) in [7, 11) is 0. The average molecular weight is 400 g/mol. The Balaban J connectivity index is 1.73. The lowest BCUT2D eigenvalue weighted by atomic mass is 9.92. The molecule has 4 N–H and O–H groups in total. The summed E-state index contributed by atoms with van der Waals surface area (Å²) in [5.41, 5.74) is 6.60. The predicted molar refractivity (Wildman–Crippen MR) is 112 cm³/mol. The van der Waals surface area contributed by atoms with Gasteiger partial charge in [-0.3, -0.25) is 9.59 Å². The van der Waals surface area contributed by atoms with Gasteiger partial charge in [-0.05, 0) is 43.5 Å². The van der Waals surface area contributed by atoms with Crippen LogP contribution in [0, 0.1) is 0 Å². The predicted octanol–water partition coefficient (Wildman–Crippen LogP) is 4.22. The quantitative estimate of drug-likeness (QED) is 0.703. The highest BCUT2D eigenvalue weighted by Gasteiger charge is 2.30. The molecular weight excluding hydrogens is 374 g/mol. The van der Waals surface area contributed by atoms with Gasteiger partial charge in [-0.1, -0.05) is 61.2 Å². The van der Waals surface area contributed by atoms with Gasteiger partial charge in [0.1, 0.15) is 5.54 Å². The minimum Gasteiger partial charge on any atom is -0.349 e. The van der Waals surface area contributed by atoms with Crippen LogP contribution < -0.4 is 16.4 Å². The molecule has 1 aliphatic carbocycles. The van der Waals surface area contributed by atoms with Gasteiger partial charge in [0.25, 0.3) is 5.91 Å². The average Bonchev–Trinajstić information content (AvgIpc) is 2.70. The molecule has 1 saturated carbocycles. The number of carbonyl (C=O) groups excluding carboxylic acids is 2. The number of rotatable bonds is 5. The third-order valence-corrected chi connectivity index (χ3v) is 5.58. The third kappa shape index (κ3) is 4.72. The molecule has 0 heterocycles. The first-order valence-electron chi connectivity index (χ1n) is 9.64. The Morgan fingerprint density at radius 2 is 1.75 bits per heavy atom. The van der Waals surface area contributed by atoms with Crippen molar-refractivity contribution in [2.45, 2.75) is 50.6 Å². The van der Waals surface area contributed by atoms with Gasteiger partial charge >= 0.3 is 0 Å². The fourth-order valence-electron chi connectivity index (χ4n) is 3.46. The second kappa shape index (κ2) is 8.76. The van der Waals surface area contributed by atoms with E-state index < -0.39 is 5.54 Å². The van der Waals surface area contributed by atoms with E-state index in [4.69, 9.17) is 17.3 Å². The molecule has 2 amide bonds. The van der Waals surface area contributed by atoms with Crippen molar-refractivity contribution in [3.63, 3.8) is 0 Å². The molecule has 0 bridgehead atoms. The van der Waals surface area contributed by atoms with Crippen molar-refractivity contribution < 1.29 is 9.59 Å². The van der Waals surface area contributed by atoms with Gasteiger partial charge in [0.05, 0.1) is 10.6 Å². The van der Waals surface area contributed by atoms with E-state index in [-0.39, 0.29) is 17.9 Å². The van der Waals surface area contributed by atoms with Crippen molar-refractivity contribution in [2.24, 2.45) is 5.73 Å². The van der Waals surface area contributed by atoms with Gasteiger partial charge in [0.2, 0.25) is 5.91 Å². The van der Waals surface area contributed by atoms with Gasteiger partial charge in [-0.2, -0.15) is 0 Å². The summed E-state index contributed by atoms with van der Waals surface area (Å²) in [6, 6.07) is 14.2. The topological polar surface area (TPSA) is 84.2 Å². The number of benzene rings is 2. The molecule has 5 nitrogen and oxygen atoms in total. The number of halogens is 1. The van der Waals surface area contributed by atoms with Crippen molar-refractivity contribution in [2.75, 3.05) is 5.32 Å². The molecule has 2 aromatic rings. The fourth-order valence-corrected chi connectivity index (χ4v) is 3.67. The lowest BCUT2D eigenvalue weighted by Crippen LogP contribution is -2.45. The largest absolute Gasteiger partial charge is 0.349 e. The molecule has 1 atom stereocenters. The molecular formula is C22H26ClN3O2. The fraction of sp³-hybridized carbons (Fsp3) is 0.364. The van der Waals surface area contributed by atoms with Crippen LogP contribution in [-0.2, 0) is 10.3 Å². The van der Waals surface area contributed by atoms with Crippen LogP contribution >= 0.6 is 11.6 Å². The maximum Gasteiger partial charge on any atom is 0.253 e. The molecule has 1 unspecified atom stereocenters. The summed E-state index contributed by atoms with van der Waals surface area (Å²) in [6.45, 7) is 1.66. The highest BCUT2D eigenvalue weighted by Crippen LogP contribution is 2.25. The number of nitrogens with two attached hydrogens (primary N) is 1. The molecule has 0 aliphatic heterocycles. The maximum absolute atomic E-state index is 12.7. The first-order valence-corrected chi connectivity index (χ1v) is 10.0. The van der Waals surface area contributed by atoms with Gasteiger partial charge < -0.3 is 16.4 Å². The van der Waals surface area contributed by atoms with Crippen LogP contribution in [0.15, 0.2) is 48.5 Å². The SMILES string of the molecule is CC(N)(C(=O)Nc1ccc(Cl)c(C(=O)NC2CCCCC2)c1)c1ccccc1. The first-order chi connectivity index (χ1) is 13.4. The molecule has 0 saturated heterocycles. The van der Waals surface area contributed by atoms with Crippen molar-refractivity contribution in [1.29, 1.82) is 0 Å². The van der Waals surface area contributed by atoms with Crippen molar-refractivity contribution in [3.05, 3.63) is 64.7 Å². The van der Waals surface area contributed by atoms with Gasteiger partial charge in [0.15, 0.2) is 0 Å². The molecule has 28 heavy (non-hydrogen) atoms. The van der Waals surface area contributed by atoms with E-state index >= 15 is 0 Å². The van der Waals surface area contributed by atoms with E-state index in [0.717, 1.165) is 25.7 Å². The van der Waals surface area contributed by atoms with Gasteiger partial charge in [-0.15, -0.1) is 0 Å².